The van der Waals surface area contributed by atoms with Gasteiger partial charge in [0.05, 0.1) is 19.0 Å². The van der Waals surface area contributed by atoms with Crippen LogP contribution in [0.15, 0.2) is 42.1 Å². The van der Waals surface area contributed by atoms with E-state index in [0.29, 0.717) is 5.69 Å². The Morgan fingerprint density at radius 3 is 2.79 bits per heavy atom. The lowest BCUT2D eigenvalue weighted by Crippen LogP contribution is -2.03. The van der Waals surface area contributed by atoms with Gasteiger partial charge < -0.3 is 4.74 Å². The maximum atomic E-state index is 11.3. The third kappa shape index (κ3) is 2.84. The number of rotatable bonds is 3. The van der Waals surface area contributed by atoms with Crippen LogP contribution in [-0.4, -0.2) is 28.1 Å². The predicted molar refractivity (Wildman–Crippen MR) is 67.0 cm³/mol. The van der Waals surface area contributed by atoms with Crippen molar-refractivity contribution in [2.45, 2.75) is 0 Å². The van der Waals surface area contributed by atoms with Crippen LogP contribution < -0.4 is 0 Å². The van der Waals surface area contributed by atoms with Crippen LogP contribution >= 0.6 is 0 Å². The van der Waals surface area contributed by atoms with Gasteiger partial charge >= 0.3 is 5.97 Å². The molecule has 0 atom stereocenters. The highest BCUT2D eigenvalue weighted by Crippen LogP contribution is 2.07. The van der Waals surface area contributed by atoms with Crippen molar-refractivity contribution in [1.82, 2.24) is 15.0 Å². The number of para-hydroxylation sites is 1. The lowest BCUT2D eigenvalue weighted by molar-refractivity contribution is -0.135. The average Bonchev–Trinajstić information content (AvgIpc) is 2.93. The highest BCUT2D eigenvalue weighted by Gasteiger charge is 2.10. The molecule has 2 aromatic rings. The zero-order valence-corrected chi connectivity index (χ0v) is 10.1. The minimum atomic E-state index is -0.697. The van der Waals surface area contributed by atoms with Crippen molar-refractivity contribution in [2.24, 2.45) is 0 Å². The first kappa shape index (κ1) is 12.5. The molecule has 0 saturated heterocycles. The number of nitrogens with zero attached hydrogens (tertiary/aromatic N) is 4. The first-order valence-electron chi connectivity index (χ1n) is 5.42. The van der Waals surface area contributed by atoms with Gasteiger partial charge in [-0.2, -0.15) is 15.2 Å². The summed E-state index contributed by atoms with van der Waals surface area (Å²) in [6.07, 6.45) is 2.80. The molecule has 1 heterocycles. The summed E-state index contributed by atoms with van der Waals surface area (Å²) in [7, 11) is 1.22. The van der Waals surface area contributed by atoms with Gasteiger partial charge in [0.15, 0.2) is 0 Å². The Hall–Kier alpha value is -2.94. The van der Waals surface area contributed by atoms with Gasteiger partial charge in [0.2, 0.25) is 0 Å². The molecule has 0 amide bonds. The number of hydrogen-bond acceptors (Lipinski definition) is 5. The van der Waals surface area contributed by atoms with Crippen molar-refractivity contribution in [1.29, 1.82) is 5.26 Å². The quantitative estimate of drug-likeness (QED) is 0.469. The van der Waals surface area contributed by atoms with Crippen LogP contribution in [0.1, 0.15) is 5.69 Å². The lowest BCUT2D eigenvalue weighted by Gasteiger charge is -1.97. The van der Waals surface area contributed by atoms with Crippen LogP contribution in [0.2, 0.25) is 0 Å². The molecule has 0 saturated carbocycles. The van der Waals surface area contributed by atoms with Crippen molar-refractivity contribution in [3.05, 3.63) is 47.8 Å². The van der Waals surface area contributed by atoms with E-state index in [4.69, 9.17) is 5.26 Å². The zero-order valence-electron chi connectivity index (χ0n) is 10.1. The summed E-state index contributed by atoms with van der Waals surface area (Å²) in [5.41, 5.74) is 1.08. The fourth-order valence-corrected chi connectivity index (χ4v) is 1.42. The zero-order chi connectivity index (χ0) is 13.7. The maximum Gasteiger partial charge on any atom is 0.348 e. The monoisotopic (exact) mass is 254 g/mol. The molecule has 0 radical (unpaired) electrons. The van der Waals surface area contributed by atoms with E-state index in [1.54, 1.807) is 6.07 Å². The summed E-state index contributed by atoms with van der Waals surface area (Å²) in [6.45, 7) is 0. The topological polar surface area (TPSA) is 80.8 Å². The van der Waals surface area contributed by atoms with E-state index in [9.17, 15) is 4.79 Å². The van der Waals surface area contributed by atoms with Crippen molar-refractivity contribution >= 4 is 12.0 Å². The number of esters is 1. The summed E-state index contributed by atoms with van der Waals surface area (Å²) < 4.78 is 4.48. The van der Waals surface area contributed by atoms with E-state index in [-0.39, 0.29) is 5.57 Å². The van der Waals surface area contributed by atoms with Crippen molar-refractivity contribution in [3.63, 3.8) is 0 Å². The predicted octanol–water partition coefficient (Wildman–Crippen LogP) is 1.35. The summed E-state index contributed by atoms with van der Waals surface area (Å²) in [5, 5.41) is 17.1. The number of nitriles is 1. The average molecular weight is 254 g/mol. The molecule has 94 valence electrons. The number of benzene rings is 1. The molecule has 0 N–H and O–H groups in total. The first-order chi connectivity index (χ1) is 9.24. The van der Waals surface area contributed by atoms with E-state index in [0.717, 1.165) is 5.69 Å². The molecule has 1 aromatic carbocycles. The number of carbonyl (C=O) groups excluding carboxylic acids is 1. The minimum absolute atomic E-state index is 0.123. The van der Waals surface area contributed by atoms with Gasteiger partial charge in [0.25, 0.3) is 0 Å². The van der Waals surface area contributed by atoms with Crippen molar-refractivity contribution in [2.75, 3.05) is 7.11 Å². The van der Waals surface area contributed by atoms with Gasteiger partial charge in [-0.15, -0.1) is 5.10 Å². The third-order valence-corrected chi connectivity index (χ3v) is 2.31. The van der Waals surface area contributed by atoms with Gasteiger partial charge in [-0.1, -0.05) is 18.2 Å². The molecule has 0 bridgehead atoms. The van der Waals surface area contributed by atoms with Crippen molar-refractivity contribution < 1.29 is 9.53 Å². The van der Waals surface area contributed by atoms with E-state index in [2.05, 4.69) is 14.9 Å². The molecule has 0 aliphatic carbocycles. The Balaban J connectivity index is 2.30. The largest absolute Gasteiger partial charge is 0.465 e. The van der Waals surface area contributed by atoms with E-state index < -0.39 is 5.97 Å². The highest BCUT2D eigenvalue weighted by atomic mass is 16.5. The number of carbonyl (C=O) groups is 1. The summed E-state index contributed by atoms with van der Waals surface area (Å²) in [4.78, 5) is 12.7. The molecule has 0 aliphatic rings. The normalized spacial score (nSPS) is 10.8. The fourth-order valence-electron chi connectivity index (χ4n) is 1.42. The second kappa shape index (κ2) is 5.60. The molecule has 6 heteroatoms. The molecule has 1 aromatic heterocycles. The van der Waals surface area contributed by atoms with Gasteiger partial charge in [-0.3, -0.25) is 0 Å². The molecule has 19 heavy (non-hydrogen) atoms. The van der Waals surface area contributed by atoms with Crippen LogP contribution in [0, 0.1) is 11.3 Å². The number of ether oxygens (including phenoxy) is 1. The van der Waals surface area contributed by atoms with Crippen molar-refractivity contribution in [3.8, 4) is 11.8 Å². The SMILES string of the molecule is COC(=O)C(C#N)=Cc1cnn(-c2ccccc2)n1. The van der Waals surface area contributed by atoms with Crippen LogP contribution in [-0.2, 0) is 9.53 Å². The standard InChI is InChI=1S/C13H10N4O2/c1-19-13(18)10(8-14)7-11-9-15-17(16-11)12-5-3-2-4-6-12/h2-7,9H,1H3. The molecular weight excluding hydrogens is 244 g/mol. The van der Waals surface area contributed by atoms with E-state index in [1.807, 2.05) is 30.3 Å². The smallest absolute Gasteiger partial charge is 0.348 e. The Morgan fingerprint density at radius 2 is 2.16 bits per heavy atom. The van der Waals surface area contributed by atoms with Crippen LogP contribution in [0.5, 0.6) is 0 Å². The van der Waals surface area contributed by atoms with Crippen LogP contribution in [0.25, 0.3) is 11.8 Å². The summed E-state index contributed by atoms with van der Waals surface area (Å²) >= 11 is 0. The molecule has 0 fully saturated rings. The Labute approximate surface area is 109 Å². The number of aromatic nitrogens is 3. The van der Waals surface area contributed by atoms with Crippen LogP contribution in [0.3, 0.4) is 0 Å². The molecule has 6 nitrogen and oxygen atoms in total. The Kier molecular flexibility index (Phi) is 3.69. The van der Waals surface area contributed by atoms with E-state index in [1.165, 1.54) is 24.2 Å². The van der Waals surface area contributed by atoms with Gasteiger partial charge in [0, 0.05) is 0 Å². The third-order valence-electron chi connectivity index (χ3n) is 2.31. The van der Waals surface area contributed by atoms with E-state index >= 15 is 0 Å². The van der Waals surface area contributed by atoms with Crippen LogP contribution in [0.4, 0.5) is 0 Å². The van der Waals surface area contributed by atoms with Gasteiger partial charge in [-0.25, -0.2) is 4.79 Å². The first-order valence-corrected chi connectivity index (χ1v) is 5.42. The second-order valence-corrected chi connectivity index (χ2v) is 3.56. The molecular formula is C13H10N4O2. The number of methoxy groups -OCH3 is 1. The highest BCUT2D eigenvalue weighted by molar-refractivity contribution is 5.97. The van der Waals surface area contributed by atoms with Gasteiger partial charge in [0.1, 0.15) is 17.3 Å². The Bertz CT molecular complexity index is 653. The molecule has 2 rings (SSSR count). The summed E-state index contributed by atoms with van der Waals surface area (Å²) in [6, 6.07) is 11.1. The maximum absolute atomic E-state index is 11.3. The molecule has 0 unspecified atom stereocenters. The van der Waals surface area contributed by atoms with Gasteiger partial charge in [-0.05, 0) is 18.2 Å². The molecule has 0 aliphatic heterocycles. The minimum Gasteiger partial charge on any atom is -0.465 e. The second-order valence-electron chi connectivity index (χ2n) is 3.56. The summed E-state index contributed by atoms with van der Waals surface area (Å²) in [5.74, 6) is -0.697. The lowest BCUT2D eigenvalue weighted by atomic mass is 10.2. The Morgan fingerprint density at radius 1 is 1.42 bits per heavy atom. The number of hydrogen-bond donors (Lipinski definition) is 0. The molecule has 0 spiro atoms. The fraction of sp³-hybridized carbons (Fsp3) is 0.0769.